The molecule has 1 N–H and O–H groups in total. The number of anilines is 1. The molecule has 9 heteroatoms. The maximum Gasteiger partial charge on any atom is 0.262 e. The van der Waals surface area contributed by atoms with Crippen LogP contribution >= 0.6 is 11.8 Å². The number of thioether (sulfide) groups is 1. The molecule has 0 spiro atoms. The Kier molecular flexibility index (Phi) is 6.03. The topological polar surface area (TPSA) is 72.5 Å². The lowest BCUT2D eigenvalue weighted by Crippen LogP contribution is -2.18. The van der Waals surface area contributed by atoms with Gasteiger partial charge in [0.15, 0.2) is 9.84 Å². The number of amides is 1. The summed E-state index contributed by atoms with van der Waals surface area (Å²) in [6.45, 7) is 0. The van der Waals surface area contributed by atoms with Gasteiger partial charge in [-0.1, -0.05) is 30.0 Å². The van der Waals surface area contributed by atoms with Gasteiger partial charge in [-0.05, 0) is 54.1 Å². The monoisotopic (exact) mass is 473 g/mol. The molecule has 1 amide bonds. The van der Waals surface area contributed by atoms with Crippen molar-refractivity contribution in [1.82, 2.24) is 0 Å². The standard InChI is InChI=1S/C23H17F2NO4S2/c1-30-15-7-5-14(6-8-15)11-22-23(27)26-20-10-9-16(12-21(20)31-22)32(28,29)13-17-18(24)3-2-4-19(17)25/h2-12H,13H2,1H3,(H,26,27)/b22-11-. The first kappa shape index (κ1) is 22.0. The number of sulfone groups is 1. The zero-order valence-electron chi connectivity index (χ0n) is 16.8. The van der Waals surface area contributed by atoms with Crippen LogP contribution in [0.2, 0.25) is 0 Å². The van der Waals surface area contributed by atoms with Crippen molar-refractivity contribution in [3.63, 3.8) is 0 Å². The Bertz CT molecular complexity index is 1320. The van der Waals surface area contributed by atoms with Crippen LogP contribution in [0.3, 0.4) is 0 Å². The average molecular weight is 474 g/mol. The third kappa shape index (κ3) is 4.53. The number of methoxy groups -OCH3 is 1. The number of hydrogen-bond acceptors (Lipinski definition) is 5. The Morgan fingerprint density at radius 2 is 1.72 bits per heavy atom. The molecule has 3 aromatic carbocycles. The van der Waals surface area contributed by atoms with Crippen LogP contribution in [-0.4, -0.2) is 21.4 Å². The summed E-state index contributed by atoms with van der Waals surface area (Å²) in [6, 6.07) is 14.5. The van der Waals surface area contributed by atoms with Gasteiger partial charge in [0.1, 0.15) is 17.4 Å². The van der Waals surface area contributed by atoms with Gasteiger partial charge < -0.3 is 10.1 Å². The predicted molar refractivity (Wildman–Crippen MR) is 119 cm³/mol. The normalized spacial score (nSPS) is 14.7. The molecule has 0 saturated carbocycles. The average Bonchev–Trinajstić information content (AvgIpc) is 2.77. The van der Waals surface area contributed by atoms with Crippen LogP contribution in [0.1, 0.15) is 11.1 Å². The van der Waals surface area contributed by atoms with Gasteiger partial charge in [-0.2, -0.15) is 0 Å². The zero-order chi connectivity index (χ0) is 22.9. The molecule has 0 aromatic heterocycles. The fourth-order valence-electron chi connectivity index (χ4n) is 3.12. The van der Waals surface area contributed by atoms with Crippen LogP contribution in [0.4, 0.5) is 14.5 Å². The maximum atomic E-state index is 13.9. The molecule has 3 aromatic rings. The molecule has 32 heavy (non-hydrogen) atoms. The van der Waals surface area contributed by atoms with E-state index >= 15 is 0 Å². The highest BCUT2D eigenvalue weighted by atomic mass is 32.2. The van der Waals surface area contributed by atoms with E-state index in [-0.39, 0.29) is 10.8 Å². The van der Waals surface area contributed by atoms with Crippen LogP contribution in [-0.2, 0) is 20.4 Å². The fourth-order valence-corrected chi connectivity index (χ4v) is 5.58. The van der Waals surface area contributed by atoms with Crippen molar-refractivity contribution < 1.29 is 26.7 Å². The summed E-state index contributed by atoms with van der Waals surface area (Å²) in [7, 11) is -2.47. The van der Waals surface area contributed by atoms with E-state index in [1.807, 2.05) is 0 Å². The highest BCUT2D eigenvalue weighted by Crippen LogP contribution is 2.40. The summed E-state index contributed by atoms with van der Waals surface area (Å²) in [6.07, 6.45) is 1.68. The first-order chi connectivity index (χ1) is 15.3. The van der Waals surface area contributed by atoms with Crippen LogP contribution in [0.15, 0.2) is 75.4 Å². The molecule has 0 fully saturated rings. The number of carbonyl (C=O) groups is 1. The molecule has 5 nitrogen and oxygen atoms in total. The minimum absolute atomic E-state index is 0.0913. The van der Waals surface area contributed by atoms with Crippen LogP contribution in [0.5, 0.6) is 5.75 Å². The van der Waals surface area contributed by atoms with Crippen molar-refractivity contribution in [2.45, 2.75) is 15.5 Å². The molecule has 1 heterocycles. The second-order valence-corrected chi connectivity index (χ2v) is 10.0. The second kappa shape index (κ2) is 8.76. The van der Waals surface area contributed by atoms with E-state index in [2.05, 4.69) is 5.32 Å². The molecule has 0 bridgehead atoms. The van der Waals surface area contributed by atoms with E-state index in [1.165, 1.54) is 24.3 Å². The van der Waals surface area contributed by atoms with Crippen LogP contribution in [0.25, 0.3) is 6.08 Å². The first-order valence-electron chi connectivity index (χ1n) is 9.41. The molecule has 0 radical (unpaired) electrons. The summed E-state index contributed by atoms with van der Waals surface area (Å²) in [5, 5.41) is 2.73. The molecule has 1 aliphatic heterocycles. The van der Waals surface area contributed by atoms with Crippen molar-refractivity contribution in [3.8, 4) is 5.75 Å². The number of nitrogens with one attached hydrogen (secondary N) is 1. The summed E-state index contributed by atoms with van der Waals surface area (Å²) in [5.41, 5.74) is 0.722. The predicted octanol–water partition coefficient (Wildman–Crippen LogP) is 5.03. The number of carbonyl (C=O) groups excluding carboxylic acids is 1. The molecule has 0 atom stereocenters. The smallest absolute Gasteiger partial charge is 0.262 e. The Hall–Kier alpha value is -3.17. The van der Waals surface area contributed by atoms with Crippen LogP contribution < -0.4 is 10.1 Å². The number of hydrogen-bond donors (Lipinski definition) is 1. The molecule has 164 valence electrons. The largest absolute Gasteiger partial charge is 0.497 e. The summed E-state index contributed by atoms with van der Waals surface area (Å²) >= 11 is 1.12. The van der Waals surface area contributed by atoms with Crippen molar-refractivity contribution in [1.29, 1.82) is 0 Å². The van der Waals surface area contributed by atoms with Gasteiger partial charge in [0.25, 0.3) is 5.91 Å². The van der Waals surface area contributed by atoms with Gasteiger partial charge in [-0.3, -0.25) is 4.79 Å². The molecule has 0 aliphatic carbocycles. The van der Waals surface area contributed by atoms with Gasteiger partial charge >= 0.3 is 0 Å². The lowest BCUT2D eigenvalue weighted by molar-refractivity contribution is -0.112. The van der Waals surface area contributed by atoms with E-state index in [0.717, 1.165) is 29.5 Å². The summed E-state index contributed by atoms with van der Waals surface area (Å²) in [4.78, 5) is 13.3. The zero-order valence-corrected chi connectivity index (χ0v) is 18.4. The van der Waals surface area contributed by atoms with E-state index in [0.29, 0.717) is 21.2 Å². The van der Waals surface area contributed by atoms with E-state index in [4.69, 9.17) is 4.74 Å². The molecule has 0 saturated heterocycles. The number of rotatable bonds is 5. The van der Waals surface area contributed by atoms with E-state index < -0.39 is 32.8 Å². The van der Waals surface area contributed by atoms with Gasteiger partial charge in [0.05, 0.1) is 28.4 Å². The lowest BCUT2D eigenvalue weighted by atomic mass is 10.2. The van der Waals surface area contributed by atoms with E-state index in [9.17, 15) is 22.0 Å². The number of fused-ring (bicyclic) bond motifs is 1. The van der Waals surface area contributed by atoms with Crippen molar-refractivity contribution in [2.24, 2.45) is 0 Å². The highest BCUT2D eigenvalue weighted by molar-refractivity contribution is 8.04. The number of benzene rings is 3. The number of ether oxygens (including phenoxy) is 1. The SMILES string of the molecule is COc1ccc(/C=C2\Sc3cc(S(=O)(=O)Cc4c(F)cccc4F)ccc3NC2=O)cc1. The van der Waals surface area contributed by atoms with Crippen molar-refractivity contribution >= 4 is 39.3 Å². The second-order valence-electron chi connectivity index (χ2n) is 6.96. The molecular weight excluding hydrogens is 456 g/mol. The maximum absolute atomic E-state index is 13.9. The molecular formula is C23H17F2NO4S2. The van der Waals surface area contributed by atoms with Crippen molar-refractivity contribution in [3.05, 3.63) is 88.3 Å². The van der Waals surface area contributed by atoms with Gasteiger partial charge in [0.2, 0.25) is 0 Å². The fraction of sp³-hybridized carbons (Fsp3) is 0.0870. The molecule has 1 aliphatic rings. The highest BCUT2D eigenvalue weighted by Gasteiger charge is 2.25. The Morgan fingerprint density at radius 3 is 2.38 bits per heavy atom. The first-order valence-corrected chi connectivity index (χ1v) is 11.9. The molecule has 4 rings (SSSR count). The van der Waals surface area contributed by atoms with Gasteiger partial charge in [-0.15, -0.1) is 0 Å². The molecule has 0 unspecified atom stereocenters. The minimum atomic E-state index is -4.03. The minimum Gasteiger partial charge on any atom is -0.497 e. The number of halogens is 2. The van der Waals surface area contributed by atoms with Gasteiger partial charge in [0, 0.05) is 10.5 Å². The van der Waals surface area contributed by atoms with Crippen LogP contribution in [0, 0.1) is 11.6 Å². The Balaban J connectivity index is 1.64. The third-order valence-corrected chi connectivity index (χ3v) is 7.54. The van der Waals surface area contributed by atoms with Gasteiger partial charge in [-0.25, -0.2) is 17.2 Å². The lowest BCUT2D eigenvalue weighted by Gasteiger charge is -2.19. The van der Waals surface area contributed by atoms with E-state index in [1.54, 1.807) is 37.5 Å². The summed E-state index contributed by atoms with van der Waals surface area (Å²) in [5.74, 6) is -2.28. The Morgan fingerprint density at radius 1 is 1.03 bits per heavy atom. The Labute approximate surface area is 188 Å². The third-order valence-electron chi connectivity index (χ3n) is 4.81. The quantitative estimate of drug-likeness (QED) is 0.526. The van der Waals surface area contributed by atoms with Crippen molar-refractivity contribution in [2.75, 3.05) is 12.4 Å². The summed E-state index contributed by atoms with van der Waals surface area (Å²) < 4.78 is 58.7.